The zero-order valence-corrected chi connectivity index (χ0v) is 24.5. The first kappa shape index (κ1) is 30.2. The molecule has 0 spiro atoms. The van der Waals surface area contributed by atoms with Crippen molar-refractivity contribution in [2.45, 2.75) is 74.9 Å². The molecule has 7 rings (SSSR count). The van der Waals surface area contributed by atoms with Gasteiger partial charge in [0.15, 0.2) is 30.4 Å². The number of nitrogens with zero attached hydrogens (tertiary/aromatic N) is 1. The lowest BCUT2D eigenvalue weighted by molar-refractivity contribution is -0.252. The highest BCUT2D eigenvalue weighted by atomic mass is 16.7. The number of hydrogen-bond acceptors (Lipinski definition) is 14. The number of carbonyl (C=O) groups is 3. The van der Waals surface area contributed by atoms with Gasteiger partial charge in [0.2, 0.25) is 5.78 Å². The van der Waals surface area contributed by atoms with Crippen LogP contribution < -0.4 is 4.74 Å². The number of aliphatic hydroxyl groups excluding tert-OH is 2. The van der Waals surface area contributed by atoms with Gasteiger partial charge in [-0.1, -0.05) is 12.1 Å². The lowest BCUT2D eigenvalue weighted by Gasteiger charge is -2.43. The number of Topliss-reactive ketones (excluding diaryl/α,β-unsaturated/α-hetero) is 1. The summed E-state index contributed by atoms with van der Waals surface area (Å²) in [6.45, 7) is 1.53. The molecule has 3 heterocycles. The molecule has 0 saturated carbocycles. The van der Waals surface area contributed by atoms with Gasteiger partial charge in [0.05, 0.1) is 42.6 Å². The van der Waals surface area contributed by atoms with Crippen molar-refractivity contribution >= 4 is 17.3 Å². The summed E-state index contributed by atoms with van der Waals surface area (Å²) >= 11 is 0. The molecule has 45 heavy (non-hydrogen) atoms. The topological polar surface area (TPSA) is 202 Å². The number of aromatic hydroxyl groups is 2. The maximum atomic E-state index is 13.8. The molecular weight excluding hydrogens is 594 g/mol. The van der Waals surface area contributed by atoms with E-state index < -0.39 is 102 Å². The third-order valence-corrected chi connectivity index (χ3v) is 9.63. The standard InChI is InChI=1S/C31H33NO13/c1-12-28-15(32-6-7-42-30(39)29(32)45-28)8-19(43-12)44-17-10-31(40,18(34)11-33)9-14-21(17)27(38)23-22(25(14)36)24(35)13-4-3-5-16(41-2)20(13)26(23)37/h3-5,12,15,17,19,28-30,33,36,38-40H,6-11H2,1-2H3/t12-,15?,17-,19-,28+,29+,30-,31-/m0/s1. The summed E-state index contributed by atoms with van der Waals surface area (Å²) in [4.78, 5) is 42.3. The van der Waals surface area contributed by atoms with E-state index in [4.69, 9.17) is 23.7 Å². The van der Waals surface area contributed by atoms with Crippen LogP contribution in [0.2, 0.25) is 0 Å². The molecule has 8 atom stereocenters. The molecule has 2 aliphatic carbocycles. The van der Waals surface area contributed by atoms with Gasteiger partial charge in [-0.25, -0.2) is 0 Å². The fourth-order valence-electron chi connectivity index (χ4n) is 7.52. The fourth-order valence-corrected chi connectivity index (χ4v) is 7.52. The van der Waals surface area contributed by atoms with E-state index in [0.717, 1.165) is 0 Å². The van der Waals surface area contributed by atoms with E-state index in [1.54, 1.807) is 6.92 Å². The second-order valence-corrected chi connectivity index (χ2v) is 12.1. The number of benzene rings is 2. The molecule has 3 aliphatic heterocycles. The van der Waals surface area contributed by atoms with Gasteiger partial charge in [0.1, 0.15) is 35.6 Å². The molecule has 3 fully saturated rings. The molecule has 5 aliphatic rings. The van der Waals surface area contributed by atoms with E-state index in [0.29, 0.717) is 6.54 Å². The van der Waals surface area contributed by atoms with Crippen LogP contribution in [0.15, 0.2) is 18.2 Å². The van der Waals surface area contributed by atoms with Gasteiger partial charge >= 0.3 is 0 Å². The average Bonchev–Trinajstić information content (AvgIpc) is 3.41. The smallest absolute Gasteiger partial charge is 0.202 e. The number of carbonyl (C=O) groups excluding carboxylic acids is 3. The van der Waals surface area contributed by atoms with E-state index in [-0.39, 0.29) is 47.1 Å². The minimum Gasteiger partial charge on any atom is -0.507 e. The Hall–Kier alpha value is -3.47. The van der Waals surface area contributed by atoms with Gasteiger partial charge in [-0.3, -0.25) is 19.3 Å². The lowest BCUT2D eigenvalue weighted by atomic mass is 9.72. The molecule has 1 unspecified atom stereocenters. The van der Waals surface area contributed by atoms with Crippen LogP contribution >= 0.6 is 0 Å². The van der Waals surface area contributed by atoms with Crippen LogP contribution in [0.5, 0.6) is 17.2 Å². The molecule has 240 valence electrons. The predicted molar refractivity (Wildman–Crippen MR) is 149 cm³/mol. The minimum absolute atomic E-state index is 0.0451. The number of fused-ring (bicyclic) bond motifs is 6. The molecule has 2 aromatic carbocycles. The SMILES string of the molecule is COc1cccc2c1C(=O)c1c(O)c3c(c(O)c1C2=O)C[C@@](O)(C(=O)CO)C[C@@H]3O[C@H]1CC2[C@H](O[C@@H]3[C@@H](O)OCCN23)[C@H](C)O1. The highest BCUT2D eigenvalue weighted by molar-refractivity contribution is 6.31. The largest absolute Gasteiger partial charge is 0.507 e. The number of aliphatic hydroxyl groups is 3. The first-order valence-electron chi connectivity index (χ1n) is 14.7. The highest BCUT2D eigenvalue weighted by Crippen LogP contribution is 2.53. The van der Waals surface area contributed by atoms with E-state index in [1.807, 2.05) is 4.90 Å². The van der Waals surface area contributed by atoms with Gasteiger partial charge in [0.25, 0.3) is 0 Å². The Morgan fingerprint density at radius 1 is 1.11 bits per heavy atom. The van der Waals surface area contributed by atoms with Crippen molar-refractivity contribution in [2.75, 3.05) is 26.9 Å². The molecule has 14 nitrogen and oxygen atoms in total. The Morgan fingerprint density at radius 2 is 1.87 bits per heavy atom. The summed E-state index contributed by atoms with van der Waals surface area (Å²) in [5.74, 6) is -3.69. The number of phenols is 2. The van der Waals surface area contributed by atoms with Crippen LogP contribution in [0.1, 0.15) is 68.8 Å². The molecule has 3 saturated heterocycles. The van der Waals surface area contributed by atoms with E-state index in [9.17, 15) is 39.9 Å². The lowest BCUT2D eigenvalue weighted by Crippen LogP contribution is -2.55. The van der Waals surface area contributed by atoms with Crippen LogP contribution in [0.25, 0.3) is 0 Å². The molecule has 0 radical (unpaired) electrons. The van der Waals surface area contributed by atoms with Crippen LogP contribution in [-0.2, 0) is 30.2 Å². The molecular formula is C31H33NO13. The fraction of sp³-hybridized carbons (Fsp3) is 0.516. The van der Waals surface area contributed by atoms with Crippen LogP contribution in [0.3, 0.4) is 0 Å². The van der Waals surface area contributed by atoms with Crippen LogP contribution in [0, 0.1) is 0 Å². The molecule has 14 heteroatoms. The minimum atomic E-state index is -2.24. The van der Waals surface area contributed by atoms with Gasteiger partial charge in [-0.2, -0.15) is 0 Å². The Balaban J connectivity index is 1.31. The predicted octanol–water partition coefficient (Wildman–Crippen LogP) is 0.0572. The van der Waals surface area contributed by atoms with Crippen LogP contribution in [-0.4, -0.2) is 117 Å². The van der Waals surface area contributed by atoms with Gasteiger partial charge < -0.3 is 49.2 Å². The monoisotopic (exact) mass is 627 g/mol. The second-order valence-electron chi connectivity index (χ2n) is 12.1. The van der Waals surface area contributed by atoms with Crippen molar-refractivity contribution in [3.05, 3.63) is 51.6 Å². The second kappa shape index (κ2) is 10.8. The highest BCUT2D eigenvalue weighted by Gasteiger charge is 2.55. The van der Waals surface area contributed by atoms with E-state index in [1.165, 1.54) is 25.3 Å². The number of rotatable bonds is 5. The number of ether oxygens (including phenoxy) is 5. The number of methoxy groups -OCH3 is 1. The number of ketones is 3. The van der Waals surface area contributed by atoms with Crippen molar-refractivity contribution in [1.82, 2.24) is 4.90 Å². The van der Waals surface area contributed by atoms with E-state index in [2.05, 4.69) is 0 Å². The normalized spacial score (nSPS) is 33.9. The Kier molecular flexibility index (Phi) is 7.26. The third kappa shape index (κ3) is 4.43. The van der Waals surface area contributed by atoms with Crippen molar-refractivity contribution < 1.29 is 63.6 Å². The first-order chi connectivity index (χ1) is 21.5. The Bertz CT molecular complexity index is 1610. The quantitative estimate of drug-likeness (QED) is 0.238. The average molecular weight is 628 g/mol. The zero-order chi connectivity index (χ0) is 31.9. The van der Waals surface area contributed by atoms with Crippen molar-refractivity contribution in [3.8, 4) is 17.2 Å². The van der Waals surface area contributed by atoms with Crippen molar-refractivity contribution in [3.63, 3.8) is 0 Å². The van der Waals surface area contributed by atoms with Gasteiger partial charge in [-0.15, -0.1) is 0 Å². The first-order valence-corrected chi connectivity index (χ1v) is 14.7. The number of hydrogen-bond donors (Lipinski definition) is 5. The molecule has 0 aromatic heterocycles. The molecule has 0 amide bonds. The summed E-state index contributed by atoms with van der Waals surface area (Å²) in [5.41, 5.74) is -3.53. The van der Waals surface area contributed by atoms with Gasteiger partial charge in [-0.05, 0) is 13.0 Å². The van der Waals surface area contributed by atoms with Crippen molar-refractivity contribution in [1.29, 1.82) is 0 Å². The van der Waals surface area contributed by atoms with Gasteiger partial charge in [0, 0.05) is 48.5 Å². The Morgan fingerprint density at radius 3 is 2.60 bits per heavy atom. The van der Waals surface area contributed by atoms with Crippen molar-refractivity contribution in [2.24, 2.45) is 0 Å². The number of phenolic OH excluding ortho intramolecular Hbond substituents is 2. The number of morpholine rings is 1. The summed E-state index contributed by atoms with van der Waals surface area (Å²) in [7, 11) is 1.33. The summed E-state index contributed by atoms with van der Waals surface area (Å²) < 4.78 is 29.2. The maximum absolute atomic E-state index is 13.8. The molecule has 0 bridgehead atoms. The zero-order valence-electron chi connectivity index (χ0n) is 24.5. The summed E-state index contributed by atoms with van der Waals surface area (Å²) in [6, 6.07) is 4.15. The summed E-state index contributed by atoms with van der Waals surface area (Å²) in [5, 5.41) is 54.7. The maximum Gasteiger partial charge on any atom is 0.202 e. The molecule has 2 aromatic rings. The third-order valence-electron chi connectivity index (χ3n) is 9.63. The molecule has 5 N–H and O–H groups in total. The van der Waals surface area contributed by atoms with Crippen LogP contribution in [0.4, 0.5) is 0 Å². The van der Waals surface area contributed by atoms with E-state index >= 15 is 0 Å². The Labute approximate surface area is 256 Å². The summed E-state index contributed by atoms with van der Waals surface area (Å²) in [6.07, 6.45) is -5.87.